The lowest BCUT2D eigenvalue weighted by atomic mass is 10.2. The maximum absolute atomic E-state index is 12.7. The average molecular weight is 312 g/mol. The molecule has 21 heavy (non-hydrogen) atoms. The van der Waals surface area contributed by atoms with E-state index in [2.05, 4.69) is 23.8 Å². The van der Waals surface area contributed by atoms with E-state index in [1.807, 2.05) is 18.7 Å². The zero-order valence-electron chi connectivity index (χ0n) is 13.5. The smallest absolute Gasteiger partial charge is 0.274 e. The third-order valence-electron chi connectivity index (χ3n) is 3.33. The molecule has 0 unspecified atom stereocenters. The maximum atomic E-state index is 12.7. The predicted molar refractivity (Wildman–Crippen MR) is 86.9 cm³/mol. The molecule has 1 aromatic heterocycles. The fourth-order valence-corrected chi connectivity index (χ4v) is 2.14. The van der Waals surface area contributed by atoms with Gasteiger partial charge >= 0.3 is 0 Å². The van der Waals surface area contributed by atoms with Crippen molar-refractivity contribution in [1.29, 1.82) is 0 Å². The van der Waals surface area contributed by atoms with E-state index < -0.39 is 0 Å². The number of carbonyl (C=O) groups is 1. The first-order valence-electron chi connectivity index (χ1n) is 7.82. The van der Waals surface area contributed by atoms with Crippen molar-refractivity contribution in [2.45, 2.75) is 59.3 Å². The molecule has 0 aliphatic rings. The van der Waals surface area contributed by atoms with Crippen LogP contribution in [0.5, 0.6) is 0 Å². The van der Waals surface area contributed by atoms with Crippen molar-refractivity contribution in [2.24, 2.45) is 0 Å². The van der Waals surface area contributed by atoms with Gasteiger partial charge in [0, 0.05) is 19.0 Å². The number of carbonyl (C=O) groups excluding carboxylic acids is 1. The summed E-state index contributed by atoms with van der Waals surface area (Å²) in [6.07, 6.45) is 5.65. The molecule has 1 rings (SSSR count). The van der Waals surface area contributed by atoms with Crippen LogP contribution < -0.4 is 0 Å². The van der Waals surface area contributed by atoms with Gasteiger partial charge < -0.3 is 4.90 Å². The monoisotopic (exact) mass is 311 g/mol. The molecule has 0 aliphatic carbocycles. The molecule has 5 heteroatoms. The van der Waals surface area contributed by atoms with E-state index in [1.165, 1.54) is 6.20 Å². The van der Waals surface area contributed by atoms with Gasteiger partial charge in [-0.25, -0.2) is 9.97 Å². The van der Waals surface area contributed by atoms with E-state index in [0.29, 0.717) is 16.5 Å². The molecule has 0 N–H and O–H groups in total. The summed E-state index contributed by atoms with van der Waals surface area (Å²) in [7, 11) is 0. The summed E-state index contributed by atoms with van der Waals surface area (Å²) in [5.41, 5.74) is 0.336. The van der Waals surface area contributed by atoms with E-state index in [1.54, 1.807) is 0 Å². The quantitative estimate of drug-likeness (QED) is 0.719. The van der Waals surface area contributed by atoms with E-state index in [-0.39, 0.29) is 11.8 Å². The molecule has 0 fully saturated rings. The molecule has 0 saturated heterocycles. The topological polar surface area (TPSA) is 46.1 Å². The van der Waals surface area contributed by atoms with Crippen molar-refractivity contribution in [3.63, 3.8) is 0 Å². The number of rotatable bonds is 8. The summed E-state index contributed by atoms with van der Waals surface area (Å²) in [5, 5.41) is 0.336. The molecule has 0 saturated carbocycles. The summed E-state index contributed by atoms with van der Waals surface area (Å²) in [6.45, 7) is 9.76. The van der Waals surface area contributed by atoms with Gasteiger partial charge in [-0.2, -0.15) is 0 Å². The minimum atomic E-state index is -0.0776. The molecule has 4 nitrogen and oxygen atoms in total. The SMILES string of the molecule is CCCCN(CCCC)C(=O)c1nc(C(C)C)ncc1Cl. The Balaban J connectivity index is 2.98. The van der Waals surface area contributed by atoms with E-state index >= 15 is 0 Å². The summed E-state index contributed by atoms with van der Waals surface area (Å²) in [6, 6.07) is 0. The van der Waals surface area contributed by atoms with Gasteiger partial charge in [-0.1, -0.05) is 52.1 Å². The standard InChI is InChI=1S/C16H26ClN3O/c1-5-7-9-20(10-8-6-2)16(21)14-13(17)11-18-15(19-14)12(3)4/h11-12H,5-10H2,1-4H3. The van der Waals surface area contributed by atoms with Crippen LogP contribution in [0.4, 0.5) is 0 Å². The molecule has 118 valence electrons. The Kier molecular flexibility index (Phi) is 7.65. The van der Waals surface area contributed by atoms with Gasteiger partial charge in [-0.05, 0) is 12.8 Å². The lowest BCUT2D eigenvalue weighted by Gasteiger charge is -2.22. The number of nitrogens with zero attached hydrogens (tertiary/aromatic N) is 3. The summed E-state index contributed by atoms with van der Waals surface area (Å²) in [5.74, 6) is 0.758. The maximum Gasteiger partial charge on any atom is 0.274 e. The van der Waals surface area contributed by atoms with E-state index in [0.717, 1.165) is 38.8 Å². The number of hydrogen-bond acceptors (Lipinski definition) is 3. The van der Waals surface area contributed by atoms with Crippen LogP contribution in [0.15, 0.2) is 6.20 Å². The van der Waals surface area contributed by atoms with Gasteiger partial charge in [0.05, 0.1) is 11.2 Å². The van der Waals surface area contributed by atoms with E-state index in [9.17, 15) is 4.79 Å². The Morgan fingerprint density at radius 1 is 1.24 bits per heavy atom. The molecule has 0 aromatic carbocycles. The third-order valence-corrected chi connectivity index (χ3v) is 3.61. The molecule has 1 heterocycles. The summed E-state index contributed by atoms with van der Waals surface area (Å²) in [4.78, 5) is 23.1. The van der Waals surface area contributed by atoms with Crippen molar-refractivity contribution < 1.29 is 4.79 Å². The first-order valence-corrected chi connectivity index (χ1v) is 8.20. The van der Waals surface area contributed by atoms with Gasteiger partial charge in [0.1, 0.15) is 5.82 Å². The zero-order chi connectivity index (χ0) is 15.8. The number of hydrogen-bond donors (Lipinski definition) is 0. The van der Waals surface area contributed by atoms with Gasteiger partial charge in [0.25, 0.3) is 5.91 Å². The van der Waals surface area contributed by atoms with Gasteiger partial charge in [0.2, 0.25) is 0 Å². The largest absolute Gasteiger partial charge is 0.337 e. The van der Waals surface area contributed by atoms with Crippen molar-refractivity contribution in [2.75, 3.05) is 13.1 Å². The van der Waals surface area contributed by atoms with Crippen LogP contribution in [0.2, 0.25) is 5.02 Å². The molecular weight excluding hydrogens is 286 g/mol. The number of amides is 1. The number of unbranched alkanes of at least 4 members (excludes halogenated alkanes) is 2. The Labute approximate surface area is 132 Å². The third kappa shape index (κ3) is 5.27. The Morgan fingerprint density at radius 3 is 2.29 bits per heavy atom. The van der Waals surface area contributed by atoms with Crippen LogP contribution in [-0.4, -0.2) is 33.9 Å². The highest BCUT2D eigenvalue weighted by atomic mass is 35.5. The minimum absolute atomic E-state index is 0.0776. The molecule has 0 bridgehead atoms. The highest BCUT2D eigenvalue weighted by molar-refractivity contribution is 6.33. The normalized spacial score (nSPS) is 11.0. The van der Waals surface area contributed by atoms with Crippen LogP contribution in [0.1, 0.15) is 75.6 Å². The van der Waals surface area contributed by atoms with E-state index in [4.69, 9.17) is 11.6 Å². The Morgan fingerprint density at radius 2 is 1.81 bits per heavy atom. The number of aromatic nitrogens is 2. The molecule has 0 aliphatic heterocycles. The second kappa shape index (κ2) is 8.98. The lowest BCUT2D eigenvalue weighted by Crippen LogP contribution is -2.34. The van der Waals surface area contributed by atoms with Gasteiger partial charge in [0.15, 0.2) is 5.69 Å². The fraction of sp³-hybridized carbons (Fsp3) is 0.688. The van der Waals surface area contributed by atoms with Gasteiger partial charge in [-0.3, -0.25) is 4.79 Å². The summed E-state index contributed by atoms with van der Waals surface area (Å²) < 4.78 is 0. The average Bonchev–Trinajstić information content (AvgIpc) is 2.47. The van der Waals surface area contributed by atoms with Crippen molar-refractivity contribution in [3.8, 4) is 0 Å². The lowest BCUT2D eigenvalue weighted by molar-refractivity contribution is 0.0744. The molecule has 1 amide bonds. The molecular formula is C16H26ClN3O. The molecule has 0 spiro atoms. The molecule has 1 aromatic rings. The minimum Gasteiger partial charge on any atom is -0.337 e. The predicted octanol–water partition coefficient (Wildman–Crippen LogP) is 4.30. The first-order chi connectivity index (χ1) is 10.0. The van der Waals surface area contributed by atoms with Crippen LogP contribution in [0.3, 0.4) is 0 Å². The van der Waals surface area contributed by atoms with Crippen molar-refractivity contribution in [1.82, 2.24) is 14.9 Å². The first kappa shape index (κ1) is 17.9. The fourth-order valence-electron chi connectivity index (χ4n) is 1.97. The van der Waals surface area contributed by atoms with Gasteiger partial charge in [-0.15, -0.1) is 0 Å². The summed E-state index contributed by atoms with van der Waals surface area (Å²) >= 11 is 6.14. The van der Waals surface area contributed by atoms with Crippen LogP contribution in [0, 0.1) is 0 Å². The Hall–Kier alpha value is -1.16. The van der Waals surface area contributed by atoms with Crippen molar-refractivity contribution in [3.05, 3.63) is 22.7 Å². The van der Waals surface area contributed by atoms with Crippen molar-refractivity contribution >= 4 is 17.5 Å². The number of halogens is 1. The highest BCUT2D eigenvalue weighted by Crippen LogP contribution is 2.18. The highest BCUT2D eigenvalue weighted by Gasteiger charge is 2.21. The second-order valence-electron chi connectivity index (χ2n) is 5.58. The van der Waals surface area contributed by atoms with Crippen LogP contribution in [-0.2, 0) is 0 Å². The zero-order valence-corrected chi connectivity index (χ0v) is 14.3. The van der Waals surface area contributed by atoms with Crippen LogP contribution >= 0.6 is 11.6 Å². The second-order valence-corrected chi connectivity index (χ2v) is 5.99. The molecule has 0 radical (unpaired) electrons. The Bertz CT molecular complexity index is 455. The van der Waals surface area contributed by atoms with Crippen LogP contribution in [0.25, 0.3) is 0 Å². The molecule has 0 atom stereocenters.